The molecule has 24 heavy (non-hydrogen) atoms. The SMILES string of the molecule is O=C(c1ccc(F)cc1)c1cnc(-c2ccccc2C(F)(F)F)[nH]1. The number of hydrogen-bond acceptors (Lipinski definition) is 2. The third kappa shape index (κ3) is 3.05. The van der Waals surface area contributed by atoms with Gasteiger partial charge >= 0.3 is 6.18 Å². The van der Waals surface area contributed by atoms with E-state index in [4.69, 9.17) is 0 Å². The maximum atomic E-state index is 13.1. The Morgan fingerprint density at radius 1 is 1.00 bits per heavy atom. The van der Waals surface area contributed by atoms with E-state index in [-0.39, 0.29) is 22.6 Å². The van der Waals surface area contributed by atoms with Crippen molar-refractivity contribution >= 4 is 5.78 Å². The van der Waals surface area contributed by atoms with Gasteiger partial charge in [-0.15, -0.1) is 0 Å². The van der Waals surface area contributed by atoms with Crippen LogP contribution in [0.3, 0.4) is 0 Å². The zero-order valence-electron chi connectivity index (χ0n) is 12.1. The van der Waals surface area contributed by atoms with Gasteiger partial charge in [0.05, 0.1) is 11.8 Å². The summed E-state index contributed by atoms with van der Waals surface area (Å²) in [5.41, 5.74) is -0.771. The number of nitrogens with one attached hydrogen (secondary N) is 1. The number of alkyl halides is 3. The third-order valence-electron chi connectivity index (χ3n) is 3.41. The maximum absolute atomic E-state index is 13.1. The van der Waals surface area contributed by atoms with Crippen LogP contribution in [-0.2, 0) is 6.18 Å². The summed E-state index contributed by atoms with van der Waals surface area (Å²) in [6.07, 6.45) is -3.38. The second-order valence-electron chi connectivity index (χ2n) is 5.02. The first-order valence-electron chi connectivity index (χ1n) is 6.88. The van der Waals surface area contributed by atoms with Crippen molar-refractivity contribution < 1.29 is 22.4 Å². The Bertz CT molecular complexity index is 882. The van der Waals surface area contributed by atoms with Crippen LogP contribution >= 0.6 is 0 Å². The van der Waals surface area contributed by atoms with E-state index >= 15 is 0 Å². The molecule has 3 rings (SSSR count). The smallest absolute Gasteiger partial charge is 0.335 e. The summed E-state index contributed by atoms with van der Waals surface area (Å²) in [5, 5.41) is 0. The van der Waals surface area contributed by atoms with Crippen molar-refractivity contribution in [2.45, 2.75) is 6.18 Å². The number of carbonyl (C=O) groups is 1. The van der Waals surface area contributed by atoms with E-state index in [1.165, 1.54) is 30.3 Å². The van der Waals surface area contributed by atoms with Crippen molar-refractivity contribution in [3.63, 3.8) is 0 Å². The number of rotatable bonds is 3. The molecule has 7 heteroatoms. The van der Waals surface area contributed by atoms with Crippen LogP contribution in [0.15, 0.2) is 54.7 Å². The van der Waals surface area contributed by atoms with Gasteiger partial charge in [0.1, 0.15) is 17.3 Å². The van der Waals surface area contributed by atoms with E-state index in [1.54, 1.807) is 0 Å². The number of halogens is 4. The molecule has 0 spiro atoms. The quantitative estimate of drug-likeness (QED) is 0.567. The van der Waals surface area contributed by atoms with E-state index in [2.05, 4.69) is 9.97 Å². The number of benzene rings is 2. The highest BCUT2D eigenvalue weighted by Crippen LogP contribution is 2.35. The molecule has 0 atom stereocenters. The highest BCUT2D eigenvalue weighted by molar-refractivity contribution is 6.07. The molecule has 3 nitrogen and oxygen atoms in total. The molecule has 0 amide bonds. The van der Waals surface area contributed by atoms with E-state index in [1.807, 2.05) is 0 Å². The first-order valence-corrected chi connectivity index (χ1v) is 6.88. The van der Waals surface area contributed by atoms with Crippen molar-refractivity contribution in [3.05, 3.63) is 77.4 Å². The van der Waals surface area contributed by atoms with Crippen LogP contribution in [-0.4, -0.2) is 15.8 Å². The van der Waals surface area contributed by atoms with Crippen molar-refractivity contribution in [2.24, 2.45) is 0 Å². The van der Waals surface area contributed by atoms with Gasteiger partial charge in [0.15, 0.2) is 0 Å². The number of aromatic nitrogens is 2. The Kier molecular flexibility index (Phi) is 3.92. The van der Waals surface area contributed by atoms with Gasteiger partial charge in [-0.05, 0) is 30.3 Å². The fraction of sp³-hybridized carbons (Fsp3) is 0.0588. The molecule has 0 aliphatic heterocycles. The molecule has 1 heterocycles. The molecule has 0 fully saturated rings. The number of imidazole rings is 1. The number of hydrogen-bond donors (Lipinski definition) is 1. The average Bonchev–Trinajstić information content (AvgIpc) is 3.04. The Hall–Kier alpha value is -2.96. The topological polar surface area (TPSA) is 45.8 Å². The molecule has 0 saturated heterocycles. The lowest BCUT2D eigenvalue weighted by molar-refractivity contribution is -0.137. The van der Waals surface area contributed by atoms with Crippen LogP contribution < -0.4 is 0 Å². The summed E-state index contributed by atoms with van der Waals surface area (Å²) in [5.74, 6) is -1.04. The minimum Gasteiger partial charge on any atom is -0.335 e. The standard InChI is InChI=1S/C17H10F4N2O/c18-11-7-5-10(6-8-11)15(24)14-9-22-16(23-14)12-3-1-2-4-13(12)17(19,20)21/h1-9H,(H,22,23). The first-order chi connectivity index (χ1) is 11.4. The monoisotopic (exact) mass is 334 g/mol. The molecular weight excluding hydrogens is 324 g/mol. The predicted molar refractivity (Wildman–Crippen MR) is 78.9 cm³/mol. The minimum atomic E-state index is -4.54. The Labute approximate surface area is 134 Å². The fourth-order valence-corrected chi connectivity index (χ4v) is 2.27. The minimum absolute atomic E-state index is 0.0218. The van der Waals surface area contributed by atoms with Gasteiger partial charge in [-0.1, -0.05) is 18.2 Å². The number of H-pyrrole nitrogens is 1. The number of nitrogens with zero attached hydrogens (tertiary/aromatic N) is 1. The summed E-state index contributed by atoms with van der Waals surface area (Å²) < 4.78 is 52.1. The van der Waals surface area contributed by atoms with Crippen LogP contribution in [0.4, 0.5) is 17.6 Å². The molecule has 0 aliphatic carbocycles. The Balaban J connectivity index is 1.97. The highest BCUT2D eigenvalue weighted by atomic mass is 19.4. The van der Waals surface area contributed by atoms with E-state index < -0.39 is 23.3 Å². The molecule has 122 valence electrons. The zero-order valence-corrected chi connectivity index (χ0v) is 12.1. The molecule has 0 aliphatic rings. The van der Waals surface area contributed by atoms with E-state index in [0.717, 1.165) is 24.4 Å². The average molecular weight is 334 g/mol. The predicted octanol–water partition coefficient (Wildman–Crippen LogP) is 4.47. The van der Waals surface area contributed by atoms with Gasteiger partial charge in [-0.25, -0.2) is 9.37 Å². The van der Waals surface area contributed by atoms with Gasteiger partial charge in [0.25, 0.3) is 0 Å². The molecular formula is C17H10F4N2O. The second kappa shape index (κ2) is 5.92. The summed E-state index contributed by atoms with van der Waals surface area (Å²) in [7, 11) is 0. The molecule has 0 unspecified atom stereocenters. The van der Waals surface area contributed by atoms with Gasteiger partial charge in [-0.2, -0.15) is 13.2 Å². The fourth-order valence-electron chi connectivity index (χ4n) is 2.27. The molecule has 0 saturated carbocycles. The molecule has 2 aromatic carbocycles. The van der Waals surface area contributed by atoms with Crippen LogP contribution in [0, 0.1) is 5.82 Å². The number of aromatic amines is 1. The zero-order chi connectivity index (χ0) is 17.3. The van der Waals surface area contributed by atoms with Gasteiger partial charge < -0.3 is 4.98 Å². The lowest BCUT2D eigenvalue weighted by atomic mass is 10.1. The summed E-state index contributed by atoms with van der Waals surface area (Å²) in [4.78, 5) is 18.7. The normalized spacial score (nSPS) is 11.5. The van der Waals surface area contributed by atoms with Crippen LogP contribution in [0.2, 0.25) is 0 Å². The molecule has 0 bridgehead atoms. The summed E-state index contributed by atoms with van der Waals surface area (Å²) in [6, 6.07) is 9.79. The second-order valence-corrected chi connectivity index (χ2v) is 5.02. The maximum Gasteiger partial charge on any atom is 0.417 e. The lowest BCUT2D eigenvalue weighted by Gasteiger charge is -2.10. The van der Waals surface area contributed by atoms with Crippen LogP contribution in [0.5, 0.6) is 0 Å². The van der Waals surface area contributed by atoms with Gasteiger partial charge in [-0.3, -0.25) is 4.79 Å². The van der Waals surface area contributed by atoms with Gasteiger partial charge in [0.2, 0.25) is 5.78 Å². The number of ketones is 1. The number of carbonyl (C=O) groups excluding carboxylic acids is 1. The summed E-state index contributed by atoms with van der Waals surface area (Å²) >= 11 is 0. The highest BCUT2D eigenvalue weighted by Gasteiger charge is 2.34. The van der Waals surface area contributed by atoms with Gasteiger partial charge in [0, 0.05) is 11.1 Å². The summed E-state index contributed by atoms with van der Waals surface area (Å²) in [6.45, 7) is 0. The Morgan fingerprint density at radius 3 is 2.33 bits per heavy atom. The molecule has 1 aromatic heterocycles. The van der Waals surface area contributed by atoms with Crippen LogP contribution in [0.25, 0.3) is 11.4 Å². The van der Waals surface area contributed by atoms with Crippen molar-refractivity contribution in [3.8, 4) is 11.4 Å². The van der Waals surface area contributed by atoms with Crippen molar-refractivity contribution in [2.75, 3.05) is 0 Å². The van der Waals surface area contributed by atoms with Crippen molar-refractivity contribution in [1.82, 2.24) is 9.97 Å². The van der Waals surface area contributed by atoms with E-state index in [9.17, 15) is 22.4 Å². The van der Waals surface area contributed by atoms with Crippen molar-refractivity contribution in [1.29, 1.82) is 0 Å². The molecule has 3 aromatic rings. The van der Waals surface area contributed by atoms with Crippen LogP contribution in [0.1, 0.15) is 21.6 Å². The molecule has 1 N–H and O–H groups in total. The first kappa shape index (κ1) is 15.9. The molecule has 0 radical (unpaired) electrons. The lowest BCUT2D eigenvalue weighted by Crippen LogP contribution is -2.07. The van der Waals surface area contributed by atoms with E-state index in [0.29, 0.717) is 0 Å². The largest absolute Gasteiger partial charge is 0.417 e. The Morgan fingerprint density at radius 2 is 1.67 bits per heavy atom. The third-order valence-corrected chi connectivity index (χ3v) is 3.41.